The van der Waals surface area contributed by atoms with Crippen molar-refractivity contribution >= 4 is 55.0 Å². The van der Waals surface area contributed by atoms with Crippen molar-refractivity contribution < 1.29 is 22.7 Å². The van der Waals surface area contributed by atoms with Gasteiger partial charge in [0.15, 0.2) is 16.6 Å². The Balaban J connectivity index is 0.00000481. The number of rotatable bonds is 12. The molecule has 0 saturated heterocycles. The molecule has 1 aromatic heterocycles. The number of methoxy groups -OCH3 is 2. The zero-order chi connectivity index (χ0) is 26.5. The van der Waals surface area contributed by atoms with Gasteiger partial charge in [-0.1, -0.05) is 25.2 Å². The number of amides is 1. The van der Waals surface area contributed by atoms with E-state index in [0.29, 0.717) is 47.3 Å². The Labute approximate surface area is 229 Å². The summed E-state index contributed by atoms with van der Waals surface area (Å²) in [4.78, 5) is 22.2. The molecule has 0 atom stereocenters. The lowest BCUT2D eigenvalue weighted by molar-refractivity contribution is 0.0986. The second-order valence-corrected chi connectivity index (χ2v) is 11.3. The third-order valence-electron chi connectivity index (χ3n) is 5.79. The first kappa shape index (κ1) is 30.8. The molecule has 37 heavy (non-hydrogen) atoms. The lowest BCUT2D eigenvalue weighted by atomic mass is 10.2. The lowest BCUT2D eigenvalue weighted by Crippen LogP contribution is -2.33. The number of carbonyl (C=O) groups excluding carboxylic acids is 1. The van der Waals surface area contributed by atoms with Crippen molar-refractivity contribution in [2.45, 2.75) is 25.2 Å². The highest BCUT2D eigenvalue weighted by molar-refractivity contribution is 7.89. The summed E-state index contributed by atoms with van der Waals surface area (Å²) in [6.45, 7) is 5.63. The maximum atomic E-state index is 13.6. The summed E-state index contributed by atoms with van der Waals surface area (Å²) in [7, 11) is 3.51. The van der Waals surface area contributed by atoms with Crippen LogP contribution in [-0.2, 0) is 10.0 Å². The van der Waals surface area contributed by atoms with Gasteiger partial charge in [0.2, 0.25) is 10.0 Å². The first-order valence-corrected chi connectivity index (χ1v) is 14.0. The number of aromatic nitrogens is 1. The summed E-state index contributed by atoms with van der Waals surface area (Å²) >= 11 is 1.40. The zero-order valence-electron chi connectivity index (χ0n) is 22.1. The fraction of sp³-hybridized carbons (Fsp3) is 0.440. The lowest BCUT2D eigenvalue weighted by Gasteiger charge is -2.22. The minimum Gasteiger partial charge on any atom is -0.493 e. The van der Waals surface area contributed by atoms with Gasteiger partial charge in [0.25, 0.3) is 5.91 Å². The van der Waals surface area contributed by atoms with Gasteiger partial charge < -0.3 is 14.4 Å². The van der Waals surface area contributed by atoms with Crippen LogP contribution in [0, 0.1) is 0 Å². The van der Waals surface area contributed by atoms with Crippen molar-refractivity contribution in [1.82, 2.24) is 14.2 Å². The summed E-state index contributed by atoms with van der Waals surface area (Å²) in [5.41, 5.74) is 1.10. The molecule has 0 fully saturated rings. The van der Waals surface area contributed by atoms with E-state index in [1.54, 1.807) is 51.2 Å². The average Bonchev–Trinajstić information content (AvgIpc) is 3.28. The molecular formula is C25H35ClN4O5S2. The van der Waals surface area contributed by atoms with Gasteiger partial charge in [0.1, 0.15) is 0 Å². The van der Waals surface area contributed by atoms with E-state index in [0.717, 1.165) is 17.7 Å². The Morgan fingerprint density at radius 3 is 2.11 bits per heavy atom. The van der Waals surface area contributed by atoms with Crippen LogP contribution in [0.25, 0.3) is 10.2 Å². The van der Waals surface area contributed by atoms with Crippen molar-refractivity contribution in [2.75, 3.05) is 59.4 Å². The predicted molar refractivity (Wildman–Crippen MR) is 151 cm³/mol. The van der Waals surface area contributed by atoms with Gasteiger partial charge in [0.05, 0.1) is 29.3 Å². The quantitative estimate of drug-likeness (QED) is 0.319. The molecule has 0 unspecified atom stereocenters. The van der Waals surface area contributed by atoms with E-state index in [9.17, 15) is 13.2 Å². The summed E-state index contributed by atoms with van der Waals surface area (Å²) in [6.07, 6.45) is 0.746. The molecule has 0 N–H and O–H groups in total. The summed E-state index contributed by atoms with van der Waals surface area (Å²) in [5.74, 6) is 0.923. The van der Waals surface area contributed by atoms with Gasteiger partial charge in [-0.3, -0.25) is 9.69 Å². The monoisotopic (exact) mass is 570 g/mol. The highest BCUT2D eigenvalue weighted by Gasteiger charge is 2.25. The average molecular weight is 571 g/mol. The van der Waals surface area contributed by atoms with Crippen molar-refractivity contribution in [2.24, 2.45) is 0 Å². The van der Waals surface area contributed by atoms with Crippen LogP contribution in [-0.4, -0.2) is 83.0 Å². The van der Waals surface area contributed by atoms with Crippen LogP contribution in [0.5, 0.6) is 11.5 Å². The van der Waals surface area contributed by atoms with Crippen LogP contribution in [0.2, 0.25) is 0 Å². The number of anilines is 1. The van der Waals surface area contributed by atoms with Crippen LogP contribution in [0.1, 0.15) is 30.6 Å². The first-order chi connectivity index (χ1) is 17.2. The minimum atomic E-state index is -3.60. The molecule has 0 radical (unpaired) electrons. The Morgan fingerprint density at radius 1 is 0.973 bits per heavy atom. The number of sulfonamides is 1. The number of hydrogen-bond donors (Lipinski definition) is 0. The van der Waals surface area contributed by atoms with Gasteiger partial charge in [-0.15, -0.1) is 12.4 Å². The first-order valence-electron chi connectivity index (χ1n) is 11.8. The molecule has 0 bridgehead atoms. The van der Waals surface area contributed by atoms with E-state index in [1.807, 2.05) is 20.2 Å². The molecule has 12 heteroatoms. The fourth-order valence-electron chi connectivity index (χ4n) is 3.83. The minimum absolute atomic E-state index is 0. The van der Waals surface area contributed by atoms with Crippen LogP contribution < -0.4 is 14.4 Å². The Kier molecular flexibility index (Phi) is 11.1. The van der Waals surface area contributed by atoms with E-state index in [2.05, 4.69) is 4.90 Å². The highest BCUT2D eigenvalue weighted by atomic mass is 35.5. The topological polar surface area (TPSA) is 92.3 Å². The predicted octanol–water partition coefficient (Wildman–Crippen LogP) is 4.36. The molecule has 3 aromatic rings. The normalized spacial score (nSPS) is 11.6. The molecule has 0 aliphatic heterocycles. The molecule has 2 aromatic carbocycles. The number of halogens is 1. The van der Waals surface area contributed by atoms with E-state index < -0.39 is 10.0 Å². The number of thiazole rings is 1. The van der Waals surface area contributed by atoms with E-state index in [-0.39, 0.29) is 23.2 Å². The molecule has 0 aliphatic carbocycles. The molecule has 1 amide bonds. The molecule has 1 heterocycles. The number of nitrogens with zero attached hydrogens (tertiary/aromatic N) is 4. The van der Waals surface area contributed by atoms with Crippen LogP contribution in [0.4, 0.5) is 5.13 Å². The largest absolute Gasteiger partial charge is 0.493 e. The van der Waals surface area contributed by atoms with Crippen LogP contribution in [0.3, 0.4) is 0 Å². The van der Waals surface area contributed by atoms with Crippen molar-refractivity contribution in [3.05, 3.63) is 42.0 Å². The summed E-state index contributed by atoms with van der Waals surface area (Å²) < 4.78 is 38.7. The number of benzene rings is 2. The molecule has 0 aliphatic rings. The van der Waals surface area contributed by atoms with Gasteiger partial charge in [-0.25, -0.2) is 13.4 Å². The Bertz CT molecular complexity index is 1250. The van der Waals surface area contributed by atoms with Crippen molar-refractivity contribution in [1.29, 1.82) is 0 Å². The highest BCUT2D eigenvalue weighted by Crippen LogP contribution is 2.37. The van der Waals surface area contributed by atoms with Gasteiger partial charge in [-0.2, -0.15) is 4.31 Å². The summed E-state index contributed by atoms with van der Waals surface area (Å²) in [5, 5.41) is 0.559. The fourth-order valence-corrected chi connectivity index (χ4v) is 6.28. The standard InChI is InChI=1S/C25H34N4O5S2.ClH/c1-7-28(8-2)36(31,32)19-12-10-18(11-13-19)24(30)29(15-9-14-27(3)4)25-26-20-16-21(33-5)22(34-6)17-23(20)35-25;/h10-13,16-17H,7-9,14-15H2,1-6H3;1H. The van der Waals surface area contributed by atoms with E-state index in [1.165, 1.54) is 27.8 Å². The molecule has 0 saturated carbocycles. The van der Waals surface area contributed by atoms with Gasteiger partial charge in [-0.05, 0) is 51.3 Å². The van der Waals surface area contributed by atoms with E-state index >= 15 is 0 Å². The molecule has 3 rings (SSSR count). The van der Waals surface area contributed by atoms with Crippen molar-refractivity contribution in [3.8, 4) is 11.5 Å². The number of ether oxygens (including phenoxy) is 2. The molecule has 0 spiro atoms. The Hall–Kier alpha value is -2.44. The third-order valence-corrected chi connectivity index (χ3v) is 8.90. The smallest absolute Gasteiger partial charge is 0.260 e. The second kappa shape index (κ2) is 13.4. The Morgan fingerprint density at radius 2 is 1.57 bits per heavy atom. The van der Waals surface area contributed by atoms with Crippen LogP contribution in [0.15, 0.2) is 41.3 Å². The molecular weight excluding hydrogens is 536 g/mol. The number of hydrogen-bond acceptors (Lipinski definition) is 8. The van der Waals surface area contributed by atoms with Crippen LogP contribution >= 0.6 is 23.7 Å². The SMILES string of the molecule is CCN(CC)S(=O)(=O)c1ccc(C(=O)N(CCCN(C)C)c2nc3cc(OC)c(OC)cc3s2)cc1.Cl. The number of fused-ring (bicyclic) bond motifs is 1. The van der Waals surface area contributed by atoms with Crippen molar-refractivity contribution in [3.63, 3.8) is 0 Å². The maximum Gasteiger partial charge on any atom is 0.260 e. The zero-order valence-corrected chi connectivity index (χ0v) is 24.5. The van der Waals surface area contributed by atoms with E-state index in [4.69, 9.17) is 14.5 Å². The molecule has 204 valence electrons. The number of carbonyl (C=O) groups is 1. The van der Waals surface area contributed by atoms with Gasteiger partial charge in [0, 0.05) is 37.3 Å². The third kappa shape index (κ3) is 6.91. The molecule has 9 nitrogen and oxygen atoms in total. The maximum absolute atomic E-state index is 13.6. The summed E-state index contributed by atoms with van der Waals surface area (Å²) in [6, 6.07) is 9.77. The second-order valence-electron chi connectivity index (χ2n) is 8.40. The van der Waals surface area contributed by atoms with Gasteiger partial charge >= 0.3 is 0 Å².